The lowest BCUT2D eigenvalue weighted by atomic mass is 10.1. The SMILES string of the molecule is COc1ccc(SCC(=O)N(Cc2cccnc2)c2nc3c(C)c(C)ccc3s2)cc1. The molecule has 4 rings (SSSR count). The van der Waals surface area contributed by atoms with Gasteiger partial charge in [0.15, 0.2) is 5.13 Å². The van der Waals surface area contributed by atoms with E-state index in [2.05, 4.69) is 31.0 Å². The number of hydrogen-bond acceptors (Lipinski definition) is 6. The van der Waals surface area contributed by atoms with Crippen LogP contribution >= 0.6 is 23.1 Å². The van der Waals surface area contributed by atoms with E-state index in [0.717, 1.165) is 32.0 Å². The Labute approximate surface area is 190 Å². The molecule has 0 aliphatic rings. The topological polar surface area (TPSA) is 55.3 Å². The fourth-order valence-corrected chi connectivity index (χ4v) is 4.98. The summed E-state index contributed by atoms with van der Waals surface area (Å²) in [4.78, 5) is 25.1. The number of carbonyl (C=O) groups excluding carboxylic acids is 1. The van der Waals surface area contributed by atoms with E-state index in [-0.39, 0.29) is 5.91 Å². The van der Waals surface area contributed by atoms with Crippen molar-refractivity contribution in [2.24, 2.45) is 0 Å². The normalized spacial score (nSPS) is 10.9. The van der Waals surface area contributed by atoms with Gasteiger partial charge in [0.2, 0.25) is 5.91 Å². The smallest absolute Gasteiger partial charge is 0.239 e. The van der Waals surface area contributed by atoms with E-state index < -0.39 is 0 Å². The number of fused-ring (bicyclic) bond motifs is 1. The summed E-state index contributed by atoms with van der Waals surface area (Å²) >= 11 is 3.06. The second-order valence-electron chi connectivity index (χ2n) is 7.16. The summed E-state index contributed by atoms with van der Waals surface area (Å²) in [5.74, 6) is 1.13. The van der Waals surface area contributed by atoms with Crippen molar-refractivity contribution in [3.63, 3.8) is 0 Å². The van der Waals surface area contributed by atoms with Crippen molar-refractivity contribution >= 4 is 44.4 Å². The second-order valence-corrected chi connectivity index (χ2v) is 9.21. The van der Waals surface area contributed by atoms with Gasteiger partial charge in [0.05, 0.1) is 29.6 Å². The van der Waals surface area contributed by atoms with Crippen LogP contribution in [0.1, 0.15) is 16.7 Å². The molecular formula is C24H23N3O2S2. The largest absolute Gasteiger partial charge is 0.497 e. The van der Waals surface area contributed by atoms with E-state index in [9.17, 15) is 4.79 Å². The molecule has 0 aliphatic heterocycles. The van der Waals surface area contributed by atoms with Gasteiger partial charge in [0, 0.05) is 17.3 Å². The van der Waals surface area contributed by atoms with Crippen LogP contribution in [0.5, 0.6) is 5.75 Å². The van der Waals surface area contributed by atoms with Gasteiger partial charge >= 0.3 is 0 Å². The summed E-state index contributed by atoms with van der Waals surface area (Å²) in [6.07, 6.45) is 3.53. The zero-order valence-corrected chi connectivity index (χ0v) is 19.3. The zero-order valence-electron chi connectivity index (χ0n) is 17.7. The molecule has 0 bridgehead atoms. The third-order valence-electron chi connectivity index (χ3n) is 5.09. The molecule has 0 saturated heterocycles. The highest BCUT2D eigenvalue weighted by atomic mass is 32.2. The first-order valence-corrected chi connectivity index (χ1v) is 11.7. The number of anilines is 1. The van der Waals surface area contributed by atoms with Gasteiger partial charge in [-0.3, -0.25) is 14.7 Å². The molecule has 0 fully saturated rings. The lowest BCUT2D eigenvalue weighted by molar-refractivity contribution is -0.116. The number of nitrogens with zero attached hydrogens (tertiary/aromatic N) is 3. The number of amides is 1. The van der Waals surface area contributed by atoms with E-state index in [1.165, 1.54) is 17.3 Å². The molecule has 2 aromatic carbocycles. The van der Waals surface area contributed by atoms with Crippen LogP contribution in [0.25, 0.3) is 10.2 Å². The number of hydrogen-bond donors (Lipinski definition) is 0. The summed E-state index contributed by atoms with van der Waals surface area (Å²) in [6, 6.07) is 15.8. The van der Waals surface area contributed by atoms with Crippen LogP contribution in [-0.4, -0.2) is 28.7 Å². The Morgan fingerprint density at radius 1 is 1.13 bits per heavy atom. The minimum absolute atomic E-state index is 0.0121. The molecule has 4 aromatic rings. The Morgan fingerprint density at radius 3 is 2.65 bits per heavy atom. The van der Waals surface area contributed by atoms with Crippen LogP contribution < -0.4 is 9.64 Å². The van der Waals surface area contributed by atoms with Crippen LogP contribution in [0.3, 0.4) is 0 Å². The second kappa shape index (κ2) is 9.49. The van der Waals surface area contributed by atoms with Crippen LogP contribution in [0, 0.1) is 13.8 Å². The number of carbonyl (C=O) groups is 1. The molecule has 0 unspecified atom stereocenters. The summed E-state index contributed by atoms with van der Waals surface area (Å²) in [6.45, 7) is 4.60. The fraction of sp³-hybridized carbons (Fsp3) is 0.208. The van der Waals surface area contributed by atoms with Gasteiger partial charge in [0.1, 0.15) is 5.75 Å². The summed E-state index contributed by atoms with van der Waals surface area (Å²) < 4.78 is 6.29. The molecule has 1 amide bonds. The standard InChI is InChI=1S/C24H23N3O2S2/c1-16-6-11-21-23(17(16)2)26-24(31-21)27(14-18-5-4-12-25-13-18)22(28)15-30-20-9-7-19(29-3)8-10-20/h4-13H,14-15H2,1-3H3. The fourth-order valence-electron chi connectivity index (χ4n) is 3.16. The molecule has 31 heavy (non-hydrogen) atoms. The van der Waals surface area contributed by atoms with Crippen molar-refractivity contribution in [1.29, 1.82) is 0 Å². The molecule has 0 saturated carbocycles. The molecule has 0 spiro atoms. The number of aromatic nitrogens is 2. The minimum Gasteiger partial charge on any atom is -0.497 e. The molecule has 158 valence electrons. The van der Waals surface area contributed by atoms with E-state index in [0.29, 0.717) is 17.4 Å². The number of thiazole rings is 1. The Morgan fingerprint density at radius 2 is 1.94 bits per heavy atom. The van der Waals surface area contributed by atoms with Gasteiger partial charge in [-0.1, -0.05) is 23.5 Å². The molecule has 2 aromatic heterocycles. The average molecular weight is 450 g/mol. The van der Waals surface area contributed by atoms with Crippen molar-refractivity contribution in [1.82, 2.24) is 9.97 Å². The number of methoxy groups -OCH3 is 1. The molecule has 7 heteroatoms. The van der Waals surface area contributed by atoms with E-state index in [4.69, 9.17) is 9.72 Å². The van der Waals surface area contributed by atoms with Crippen molar-refractivity contribution in [2.45, 2.75) is 25.3 Å². The molecule has 0 atom stereocenters. The highest BCUT2D eigenvalue weighted by Gasteiger charge is 2.21. The summed E-state index contributed by atoms with van der Waals surface area (Å²) in [5, 5.41) is 0.716. The third-order valence-corrected chi connectivity index (χ3v) is 7.13. The Bertz CT molecular complexity index is 1190. The third kappa shape index (κ3) is 4.89. The van der Waals surface area contributed by atoms with Crippen molar-refractivity contribution in [3.8, 4) is 5.75 Å². The van der Waals surface area contributed by atoms with Crippen LogP contribution in [0.4, 0.5) is 5.13 Å². The van der Waals surface area contributed by atoms with Crippen molar-refractivity contribution in [3.05, 3.63) is 77.6 Å². The highest BCUT2D eigenvalue weighted by molar-refractivity contribution is 8.00. The van der Waals surface area contributed by atoms with E-state index in [1.54, 1.807) is 35.7 Å². The Kier molecular flexibility index (Phi) is 6.53. The van der Waals surface area contributed by atoms with Gasteiger partial charge in [-0.15, -0.1) is 11.8 Å². The molecule has 0 aliphatic carbocycles. The summed E-state index contributed by atoms with van der Waals surface area (Å²) in [7, 11) is 1.64. The maximum absolute atomic E-state index is 13.3. The predicted molar refractivity (Wildman–Crippen MR) is 128 cm³/mol. The number of thioether (sulfide) groups is 1. The lowest BCUT2D eigenvalue weighted by Crippen LogP contribution is -2.31. The summed E-state index contributed by atoms with van der Waals surface area (Å²) in [5.41, 5.74) is 4.29. The average Bonchev–Trinajstić information content (AvgIpc) is 3.24. The molecule has 5 nitrogen and oxygen atoms in total. The number of aryl methyl sites for hydroxylation is 2. The number of pyridine rings is 1. The number of ether oxygens (including phenoxy) is 1. The number of rotatable bonds is 7. The first-order chi connectivity index (χ1) is 15.0. The first kappa shape index (κ1) is 21.3. The first-order valence-electron chi connectivity index (χ1n) is 9.88. The van der Waals surface area contributed by atoms with Crippen molar-refractivity contribution < 1.29 is 9.53 Å². The molecular weight excluding hydrogens is 426 g/mol. The van der Waals surface area contributed by atoms with Gasteiger partial charge in [-0.25, -0.2) is 4.98 Å². The van der Waals surface area contributed by atoms with E-state index in [1.807, 2.05) is 36.4 Å². The zero-order chi connectivity index (χ0) is 21.8. The van der Waals surface area contributed by atoms with Crippen LogP contribution in [0.2, 0.25) is 0 Å². The number of benzene rings is 2. The van der Waals surface area contributed by atoms with Gasteiger partial charge in [-0.05, 0) is 66.9 Å². The van der Waals surface area contributed by atoms with Gasteiger partial charge in [0.25, 0.3) is 0 Å². The van der Waals surface area contributed by atoms with Crippen molar-refractivity contribution in [2.75, 3.05) is 17.8 Å². The minimum atomic E-state index is 0.0121. The predicted octanol–water partition coefficient (Wildman–Crippen LogP) is 5.64. The van der Waals surface area contributed by atoms with Gasteiger partial charge < -0.3 is 4.74 Å². The quantitative estimate of drug-likeness (QED) is 0.342. The lowest BCUT2D eigenvalue weighted by Gasteiger charge is -2.19. The maximum atomic E-state index is 13.3. The molecule has 0 N–H and O–H groups in total. The molecule has 0 radical (unpaired) electrons. The maximum Gasteiger partial charge on any atom is 0.239 e. The molecule has 2 heterocycles. The van der Waals surface area contributed by atoms with Crippen LogP contribution in [-0.2, 0) is 11.3 Å². The van der Waals surface area contributed by atoms with E-state index >= 15 is 0 Å². The monoisotopic (exact) mass is 449 g/mol. The highest BCUT2D eigenvalue weighted by Crippen LogP contribution is 2.33. The van der Waals surface area contributed by atoms with Gasteiger partial charge in [-0.2, -0.15) is 0 Å². The van der Waals surface area contributed by atoms with Crippen LogP contribution in [0.15, 0.2) is 65.8 Å². The Hall–Kier alpha value is -2.90. The Balaban J connectivity index is 1.60.